The smallest absolute Gasteiger partial charge is 0.261 e. The molecule has 1 aromatic heterocycles. The van der Waals surface area contributed by atoms with Crippen molar-refractivity contribution in [2.45, 2.75) is 55.7 Å². The zero-order valence-corrected chi connectivity index (χ0v) is 18.4. The monoisotopic (exact) mass is 432 g/mol. The molecule has 1 aromatic carbocycles. The van der Waals surface area contributed by atoms with Crippen molar-refractivity contribution >= 4 is 27.1 Å². The van der Waals surface area contributed by atoms with Crippen LogP contribution in [0.4, 0.5) is 0 Å². The number of nitrogens with zero attached hydrogens (tertiary/aromatic N) is 1. The van der Waals surface area contributed by atoms with E-state index in [-0.39, 0.29) is 11.7 Å². The lowest BCUT2D eigenvalue weighted by molar-refractivity contribution is 0.0951. The molecule has 0 spiro atoms. The molecule has 1 N–H and O–H groups in total. The van der Waals surface area contributed by atoms with Gasteiger partial charge in [-0.15, -0.1) is 11.3 Å². The largest absolute Gasteiger partial charge is 0.351 e. The van der Waals surface area contributed by atoms with Crippen molar-refractivity contribution in [1.29, 1.82) is 0 Å². The maximum atomic E-state index is 12.6. The van der Waals surface area contributed by atoms with Gasteiger partial charge in [-0.2, -0.15) is 0 Å². The number of rotatable bonds is 6. The Kier molecular flexibility index (Phi) is 6.08. The van der Waals surface area contributed by atoms with Gasteiger partial charge in [0.1, 0.15) is 0 Å². The average molecular weight is 433 g/mol. The SMILES string of the molecule is CCC1CCCCN1CCCNC(=O)c1cc2c(s1)-c1ccccc1S(=O)(=O)C2. The Hall–Kier alpha value is -1.70. The van der Waals surface area contributed by atoms with Crippen molar-refractivity contribution < 1.29 is 13.2 Å². The number of carbonyl (C=O) groups is 1. The van der Waals surface area contributed by atoms with Gasteiger partial charge >= 0.3 is 0 Å². The molecule has 1 unspecified atom stereocenters. The maximum absolute atomic E-state index is 12.6. The summed E-state index contributed by atoms with van der Waals surface area (Å²) in [6.07, 6.45) is 6.01. The number of piperidine rings is 1. The first-order valence-corrected chi connectivity index (χ1v) is 12.9. The number of hydrogen-bond donors (Lipinski definition) is 1. The fourth-order valence-electron chi connectivity index (χ4n) is 4.47. The number of hydrogen-bond acceptors (Lipinski definition) is 5. The van der Waals surface area contributed by atoms with Crippen molar-refractivity contribution in [3.8, 4) is 10.4 Å². The van der Waals surface area contributed by atoms with Crippen LogP contribution in [-0.4, -0.2) is 44.9 Å². The Morgan fingerprint density at radius 1 is 1.28 bits per heavy atom. The van der Waals surface area contributed by atoms with E-state index in [4.69, 9.17) is 0 Å². The number of thiophene rings is 1. The Bertz CT molecular complexity index is 997. The Morgan fingerprint density at radius 3 is 2.93 bits per heavy atom. The zero-order chi connectivity index (χ0) is 20.4. The molecule has 7 heteroatoms. The molecular weight excluding hydrogens is 404 g/mol. The van der Waals surface area contributed by atoms with Gasteiger partial charge in [-0.05, 0) is 49.9 Å². The van der Waals surface area contributed by atoms with Crippen molar-refractivity contribution in [3.63, 3.8) is 0 Å². The zero-order valence-electron chi connectivity index (χ0n) is 16.8. The molecule has 1 amide bonds. The molecule has 0 aliphatic carbocycles. The standard InChI is InChI=1S/C22H28N2O3S2/c1-2-17-8-5-6-12-24(17)13-7-11-23-22(25)19-14-16-15-29(26,27)20-10-4-3-9-18(20)21(16)28-19/h3-4,9-10,14,17H,2,5-8,11-13,15H2,1H3,(H,23,25). The maximum Gasteiger partial charge on any atom is 0.261 e. The third-order valence-corrected chi connectivity index (χ3v) is 8.90. The molecule has 5 nitrogen and oxygen atoms in total. The summed E-state index contributed by atoms with van der Waals surface area (Å²) in [6, 6.07) is 9.50. The van der Waals surface area contributed by atoms with Crippen LogP contribution >= 0.6 is 11.3 Å². The number of sulfone groups is 1. The van der Waals surface area contributed by atoms with Gasteiger partial charge in [0.15, 0.2) is 9.84 Å². The second kappa shape index (κ2) is 8.58. The number of benzene rings is 1. The molecule has 3 heterocycles. The topological polar surface area (TPSA) is 66.5 Å². The van der Waals surface area contributed by atoms with Crippen LogP contribution in [0.2, 0.25) is 0 Å². The van der Waals surface area contributed by atoms with Crippen LogP contribution in [0.5, 0.6) is 0 Å². The summed E-state index contributed by atoms with van der Waals surface area (Å²) in [6.45, 7) is 5.08. The Labute approximate surface area is 177 Å². The van der Waals surface area contributed by atoms with Crippen LogP contribution in [0.15, 0.2) is 35.2 Å². The van der Waals surface area contributed by atoms with E-state index in [1.807, 2.05) is 12.1 Å². The van der Waals surface area contributed by atoms with E-state index in [2.05, 4.69) is 17.1 Å². The van der Waals surface area contributed by atoms with Gasteiger partial charge in [0.2, 0.25) is 0 Å². The number of carbonyl (C=O) groups excluding carboxylic acids is 1. The minimum absolute atomic E-state index is 0.0313. The van der Waals surface area contributed by atoms with E-state index < -0.39 is 9.84 Å². The highest BCUT2D eigenvalue weighted by Gasteiger charge is 2.30. The van der Waals surface area contributed by atoms with E-state index >= 15 is 0 Å². The fraction of sp³-hybridized carbons (Fsp3) is 0.500. The van der Waals surface area contributed by atoms with Crippen LogP contribution in [0.3, 0.4) is 0 Å². The highest BCUT2D eigenvalue weighted by molar-refractivity contribution is 7.91. The molecule has 1 atom stereocenters. The van der Waals surface area contributed by atoms with E-state index in [1.165, 1.54) is 37.0 Å². The van der Waals surface area contributed by atoms with Crippen molar-refractivity contribution in [2.24, 2.45) is 0 Å². The van der Waals surface area contributed by atoms with Crippen molar-refractivity contribution in [1.82, 2.24) is 10.2 Å². The van der Waals surface area contributed by atoms with Gasteiger partial charge in [0, 0.05) is 29.6 Å². The lowest BCUT2D eigenvalue weighted by Gasteiger charge is -2.35. The minimum atomic E-state index is -3.34. The Morgan fingerprint density at radius 2 is 2.10 bits per heavy atom. The second-order valence-electron chi connectivity index (χ2n) is 7.92. The van der Waals surface area contributed by atoms with Crippen molar-refractivity contribution in [2.75, 3.05) is 19.6 Å². The van der Waals surface area contributed by atoms with Crippen LogP contribution in [0.1, 0.15) is 54.3 Å². The lowest BCUT2D eigenvalue weighted by atomic mass is 10.00. The summed E-state index contributed by atoms with van der Waals surface area (Å²) in [4.78, 5) is 17.1. The van der Waals surface area contributed by atoms with Crippen molar-refractivity contribution in [3.05, 3.63) is 40.8 Å². The Balaban J connectivity index is 1.38. The highest BCUT2D eigenvalue weighted by atomic mass is 32.2. The molecule has 0 saturated carbocycles. The van der Waals surface area contributed by atoms with Gasteiger partial charge in [0.25, 0.3) is 5.91 Å². The first-order chi connectivity index (χ1) is 14.0. The third-order valence-electron chi connectivity index (χ3n) is 5.97. The van der Waals surface area contributed by atoms with Gasteiger partial charge in [-0.1, -0.05) is 31.5 Å². The molecule has 2 aliphatic rings. The first kappa shape index (κ1) is 20.6. The summed E-state index contributed by atoms with van der Waals surface area (Å²) >= 11 is 1.39. The van der Waals surface area contributed by atoms with Crippen LogP contribution in [-0.2, 0) is 15.6 Å². The average Bonchev–Trinajstić information content (AvgIpc) is 3.15. The number of likely N-dealkylation sites (tertiary alicyclic amines) is 1. The molecule has 29 heavy (non-hydrogen) atoms. The lowest BCUT2D eigenvalue weighted by Crippen LogP contribution is -2.40. The predicted octanol–water partition coefficient (Wildman–Crippen LogP) is 4.09. The summed E-state index contributed by atoms with van der Waals surface area (Å²) in [5.74, 6) is -0.138. The fourth-order valence-corrected chi connectivity index (χ4v) is 7.35. The van der Waals surface area contributed by atoms with Crippen LogP contribution in [0.25, 0.3) is 10.4 Å². The van der Waals surface area contributed by atoms with E-state index in [1.54, 1.807) is 18.2 Å². The van der Waals surface area contributed by atoms with Gasteiger partial charge in [-0.25, -0.2) is 8.42 Å². The van der Waals surface area contributed by atoms with Crippen LogP contribution in [0, 0.1) is 0 Å². The normalized spacial score (nSPS) is 20.7. The van der Waals surface area contributed by atoms with Gasteiger partial charge in [0.05, 0.1) is 15.5 Å². The molecule has 4 rings (SSSR count). The number of nitrogens with one attached hydrogen (secondary N) is 1. The molecule has 2 aliphatic heterocycles. The summed E-state index contributed by atoms with van der Waals surface area (Å²) in [5.41, 5.74) is 1.45. The molecule has 0 bridgehead atoms. The quantitative estimate of drug-likeness (QED) is 0.699. The highest BCUT2D eigenvalue weighted by Crippen LogP contribution is 2.42. The third kappa shape index (κ3) is 4.27. The second-order valence-corrected chi connectivity index (χ2v) is 10.9. The molecule has 0 radical (unpaired) electrons. The number of fused-ring (bicyclic) bond motifs is 3. The van der Waals surface area contributed by atoms with E-state index in [0.717, 1.165) is 30.0 Å². The predicted molar refractivity (Wildman–Crippen MR) is 117 cm³/mol. The minimum Gasteiger partial charge on any atom is -0.351 e. The molecular formula is C22H28N2O3S2. The molecule has 1 saturated heterocycles. The molecule has 2 aromatic rings. The van der Waals surface area contributed by atoms with Crippen LogP contribution < -0.4 is 5.32 Å². The van der Waals surface area contributed by atoms with E-state index in [0.29, 0.717) is 27.9 Å². The first-order valence-electron chi connectivity index (χ1n) is 10.5. The summed E-state index contributed by atoms with van der Waals surface area (Å²) in [5, 5.41) is 3.02. The number of amides is 1. The molecule has 156 valence electrons. The van der Waals surface area contributed by atoms with E-state index in [9.17, 15) is 13.2 Å². The van der Waals surface area contributed by atoms with Gasteiger partial charge < -0.3 is 10.2 Å². The van der Waals surface area contributed by atoms with Gasteiger partial charge in [-0.3, -0.25) is 4.79 Å². The summed E-state index contributed by atoms with van der Waals surface area (Å²) < 4.78 is 25.1. The molecule has 1 fully saturated rings. The summed E-state index contributed by atoms with van der Waals surface area (Å²) in [7, 11) is -3.34.